The Hall–Kier alpha value is -4.03. The molecule has 12 heteroatoms. The van der Waals surface area contributed by atoms with E-state index in [2.05, 4.69) is 15.5 Å². The molecule has 4 aromatic rings. The van der Waals surface area contributed by atoms with Gasteiger partial charge in [0.2, 0.25) is 5.09 Å². The van der Waals surface area contributed by atoms with E-state index in [0.717, 1.165) is 4.31 Å². The number of furan rings is 2. The van der Waals surface area contributed by atoms with E-state index in [-0.39, 0.29) is 23.2 Å². The number of sulfonamides is 1. The summed E-state index contributed by atoms with van der Waals surface area (Å²) in [7, 11) is -0.968. The van der Waals surface area contributed by atoms with Gasteiger partial charge in [0.25, 0.3) is 10.0 Å². The van der Waals surface area contributed by atoms with Gasteiger partial charge in [0.1, 0.15) is 18.1 Å². The number of hydrogen-bond acceptors (Lipinski definition) is 9. The van der Waals surface area contributed by atoms with Crippen LogP contribution in [0, 0.1) is 0 Å². The van der Waals surface area contributed by atoms with Crippen LogP contribution in [0.4, 0.5) is 0 Å². The summed E-state index contributed by atoms with van der Waals surface area (Å²) in [5.74, 6) is 0.0851. The predicted molar refractivity (Wildman–Crippen MR) is 116 cm³/mol. The maximum atomic E-state index is 13.0. The molecule has 4 rings (SSSR count). The van der Waals surface area contributed by atoms with Crippen LogP contribution in [0.1, 0.15) is 11.5 Å². The van der Waals surface area contributed by atoms with Gasteiger partial charge < -0.3 is 13.6 Å². The Morgan fingerprint density at radius 3 is 2.61 bits per heavy atom. The smallest absolute Gasteiger partial charge is 0.357 e. The number of tetrazole rings is 1. The number of rotatable bonds is 8. The van der Waals surface area contributed by atoms with Gasteiger partial charge in [-0.3, -0.25) is 0 Å². The Morgan fingerprint density at radius 1 is 1.12 bits per heavy atom. The minimum absolute atomic E-state index is 0.0125. The molecular weight excluding hydrogens is 450 g/mol. The summed E-state index contributed by atoms with van der Waals surface area (Å²) >= 11 is 0. The van der Waals surface area contributed by atoms with Crippen LogP contribution < -0.4 is 0 Å². The van der Waals surface area contributed by atoms with E-state index in [9.17, 15) is 13.2 Å². The molecule has 0 radical (unpaired) electrons. The maximum Gasteiger partial charge on any atom is 0.357 e. The van der Waals surface area contributed by atoms with Gasteiger partial charge in [-0.2, -0.15) is 4.68 Å². The molecule has 0 atom stereocenters. The Balaban J connectivity index is 1.61. The molecule has 170 valence electrons. The summed E-state index contributed by atoms with van der Waals surface area (Å²) in [4.78, 5) is 13.0. The number of carbonyl (C=O) groups excluding carboxylic acids is 1. The summed E-state index contributed by atoms with van der Waals surface area (Å²) in [5, 5.41) is 11.4. The molecule has 3 heterocycles. The molecule has 3 aromatic heterocycles. The average molecular weight is 469 g/mol. The molecule has 0 N–H and O–H groups in total. The Bertz CT molecular complexity index is 1370. The number of carbonyl (C=O) groups is 1. The van der Waals surface area contributed by atoms with Crippen molar-refractivity contribution in [1.82, 2.24) is 24.5 Å². The van der Waals surface area contributed by atoms with Crippen molar-refractivity contribution in [2.24, 2.45) is 0 Å². The Labute approximate surface area is 188 Å². The molecule has 0 saturated heterocycles. The van der Waals surface area contributed by atoms with Crippen LogP contribution in [0.5, 0.6) is 0 Å². The first-order chi connectivity index (χ1) is 15.9. The SMILES string of the molecule is CN(C)S(=O)(=O)c1ccc(COC(=O)/C(=C/c2ccco2)n2nnnc2-c2ccccc2)o1. The van der Waals surface area contributed by atoms with Gasteiger partial charge in [0.05, 0.1) is 6.26 Å². The third kappa shape index (κ3) is 4.76. The van der Waals surface area contributed by atoms with Crippen LogP contribution in [0.15, 0.2) is 74.8 Å². The molecule has 0 amide bonds. The van der Waals surface area contributed by atoms with Crippen molar-refractivity contribution in [2.45, 2.75) is 11.7 Å². The number of hydrogen-bond donors (Lipinski definition) is 0. The van der Waals surface area contributed by atoms with E-state index in [1.54, 1.807) is 24.3 Å². The number of esters is 1. The fourth-order valence-electron chi connectivity index (χ4n) is 2.80. The van der Waals surface area contributed by atoms with Crippen molar-refractivity contribution < 1.29 is 26.8 Å². The van der Waals surface area contributed by atoms with E-state index >= 15 is 0 Å². The van der Waals surface area contributed by atoms with Crippen molar-refractivity contribution in [3.8, 4) is 11.4 Å². The van der Waals surface area contributed by atoms with Gasteiger partial charge in [0, 0.05) is 25.7 Å². The minimum Gasteiger partial charge on any atom is -0.465 e. The molecular formula is C21H19N5O6S. The highest BCUT2D eigenvalue weighted by atomic mass is 32.2. The van der Waals surface area contributed by atoms with Crippen LogP contribution in [0.25, 0.3) is 23.2 Å². The van der Waals surface area contributed by atoms with E-state index in [4.69, 9.17) is 13.6 Å². The van der Waals surface area contributed by atoms with Gasteiger partial charge in [-0.1, -0.05) is 30.3 Å². The van der Waals surface area contributed by atoms with Crippen molar-refractivity contribution in [2.75, 3.05) is 14.1 Å². The summed E-state index contributed by atoms with van der Waals surface area (Å²) in [6.45, 7) is -0.305. The van der Waals surface area contributed by atoms with E-state index in [1.165, 1.54) is 43.2 Å². The summed E-state index contributed by atoms with van der Waals surface area (Å²) in [6, 6.07) is 15.1. The molecule has 11 nitrogen and oxygen atoms in total. The minimum atomic E-state index is -3.75. The standard InChI is InChI=1S/C21H19N5O6S/c1-25(2)33(28,29)19-11-10-17(32-19)14-31-21(27)18(13-16-9-6-12-30-16)26-20(22-23-24-26)15-7-4-3-5-8-15/h3-13H,14H2,1-2H3/b18-13-. The third-order valence-electron chi connectivity index (χ3n) is 4.48. The topological polar surface area (TPSA) is 134 Å². The predicted octanol–water partition coefficient (Wildman–Crippen LogP) is 2.52. The Morgan fingerprint density at radius 2 is 1.91 bits per heavy atom. The van der Waals surface area contributed by atoms with Gasteiger partial charge in [-0.15, -0.1) is 5.10 Å². The van der Waals surface area contributed by atoms with Gasteiger partial charge >= 0.3 is 5.97 Å². The van der Waals surface area contributed by atoms with Crippen LogP contribution in [0.2, 0.25) is 0 Å². The first kappa shape index (κ1) is 22.2. The number of benzene rings is 1. The molecule has 33 heavy (non-hydrogen) atoms. The van der Waals surface area contributed by atoms with Crippen LogP contribution in [-0.2, 0) is 26.2 Å². The second kappa shape index (κ2) is 9.22. The molecule has 0 bridgehead atoms. The van der Waals surface area contributed by atoms with Crippen molar-refractivity contribution in [1.29, 1.82) is 0 Å². The molecule has 0 fully saturated rings. The molecule has 0 spiro atoms. The molecule has 1 aromatic carbocycles. The zero-order valence-electron chi connectivity index (χ0n) is 17.7. The highest BCUT2D eigenvalue weighted by molar-refractivity contribution is 7.88. The van der Waals surface area contributed by atoms with Gasteiger partial charge in [-0.25, -0.2) is 17.5 Å². The van der Waals surface area contributed by atoms with E-state index < -0.39 is 16.0 Å². The van der Waals surface area contributed by atoms with Gasteiger partial charge in [-0.05, 0) is 34.7 Å². The van der Waals surface area contributed by atoms with Crippen molar-refractivity contribution in [3.63, 3.8) is 0 Å². The molecule has 0 aliphatic carbocycles. The van der Waals surface area contributed by atoms with Crippen LogP contribution in [0.3, 0.4) is 0 Å². The lowest BCUT2D eigenvalue weighted by Gasteiger charge is -2.09. The second-order valence-corrected chi connectivity index (χ2v) is 8.99. The van der Waals surface area contributed by atoms with Gasteiger partial charge in [0.15, 0.2) is 11.5 Å². The van der Waals surface area contributed by atoms with Crippen LogP contribution in [-0.4, -0.2) is 53.0 Å². The molecule has 0 aliphatic heterocycles. The lowest BCUT2D eigenvalue weighted by Crippen LogP contribution is -2.21. The highest BCUT2D eigenvalue weighted by Gasteiger charge is 2.24. The van der Waals surface area contributed by atoms with Crippen LogP contribution >= 0.6 is 0 Å². The second-order valence-electron chi connectivity index (χ2n) is 6.91. The van der Waals surface area contributed by atoms with Crippen molar-refractivity contribution in [3.05, 3.63) is 72.4 Å². The zero-order chi connectivity index (χ0) is 23.4. The average Bonchev–Trinajstić information content (AvgIpc) is 3.58. The number of nitrogens with zero attached hydrogens (tertiary/aromatic N) is 5. The van der Waals surface area contributed by atoms with E-state index in [1.807, 2.05) is 18.2 Å². The zero-order valence-corrected chi connectivity index (χ0v) is 18.5. The lowest BCUT2D eigenvalue weighted by molar-refractivity contribution is -0.138. The first-order valence-corrected chi connectivity index (χ1v) is 11.1. The quantitative estimate of drug-likeness (QED) is 0.282. The first-order valence-electron chi connectivity index (χ1n) is 9.64. The summed E-state index contributed by atoms with van der Waals surface area (Å²) < 4.78 is 42.7. The normalized spacial score (nSPS) is 12.3. The molecule has 0 aliphatic rings. The van der Waals surface area contributed by atoms with Crippen molar-refractivity contribution >= 4 is 27.8 Å². The summed E-state index contributed by atoms with van der Waals surface area (Å²) in [5.41, 5.74) is 0.673. The molecule has 0 saturated carbocycles. The Kier molecular flexibility index (Phi) is 6.20. The molecule has 0 unspecified atom stereocenters. The lowest BCUT2D eigenvalue weighted by atomic mass is 10.2. The fraction of sp³-hybridized carbons (Fsp3) is 0.143. The fourth-order valence-corrected chi connectivity index (χ4v) is 3.61. The highest BCUT2D eigenvalue weighted by Crippen LogP contribution is 2.22. The maximum absolute atomic E-state index is 13.0. The van der Waals surface area contributed by atoms with E-state index in [0.29, 0.717) is 17.1 Å². The summed E-state index contributed by atoms with van der Waals surface area (Å²) in [6.07, 6.45) is 2.90. The number of aromatic nitrogens is 4. The third-order valence-corrected chi connectivity index (χ3v) is 6.17. The largest absolute Gasteiger partial charge is 0.465 e. The number of ether oxygens (including phenoxy) is 1. The monoisotopic (exact) mass is 469 g/mol.